The lowest BCUT2D eigenvalue weighted by atomic mass is 10.2. The lowest BCUT2D eigenvalue weighted by molar-refractivity contribution is 0.271. The number of nitrogens with one attached hydrogen (secondary N) is 1. The summed E-state index contributed by atoms with van der Waals surface area (Å²) < 4.78 is 0. The first-order valence-corrected chi connectivity index (χ1v) is 4.35. The Kier molecular flexibility index (Phi) is 3.52. The van der Waals surface area contributed by atoms with E-state index in [-0.39, 0.29) is 12.6 Å². The number of rotatable bonds is 4. The highest BCUT2D eigenvalue weighted by Crippen LogP contribution is 2.14. The number of aliphatic hydroxyl groups excluding tert-OH is 1. The summed E-state index contributed by atoms with van der Waals surface area (Å²) in [5.41, 5.74) is 6.28. The van der Waals surface area contributed by atoms with Gasteiger partial charge in [0.1, 0.15) is 5.82 Å². The summed E-state index contributed by atoms with van der Waals surface area (Å²) in [4.78, 5) is 4.07. The maximum absolute atomic E-state index is 8.95. The van der Waals surface area contributed by atoms with Crippen LogP contribution in [0, 0.1) is 0 Å². The number of nitrogens with two attached hydrogens (primary N) is 1. The fourth-order valence-corrected chi connectivity index (χ4v) is 1.01. The van der Waals surface area contributed by atoms with Crippen molar-refractivity contribution in [2.24, 2.45) is 0 Å². The minimum absolute atomic E-state index is 0.0252. The maximum Gasteiger partial charge on any atom is 0.149 e. The summed E-state index contributed by atoms with van der Waals surface area (Å²) >= 11 is 0. The predicted octanol–water partition coefficient (Wildman–Crippen LogP) is 0.847. The molecule has 4 heteroatoms. The Bertz CT molecular complexity index is 261. The third kappa shape index (κ3) is 2.59. The zero-order chi connectivity index (χ0) is 9.68. The fraction of sp³-hybridized carbons (Fsp3) is 0.444. The van der Waals surface area contributed by atoms with Crippen molar-refractivity contribution in [3.05, 3.63) is 18.3 Å². The standard InChI is InChI=1S/C9H15N3O/c1-2-7(6-13)12-9-8(10)4-3-5-11-9/h3-5,7,13H,2,6,10H2,1H3,(H,11,12). The van der Waals surface area contributed by atoms with Crippen LogP contribution in [-0.2, 0) is 0 Å². The molecule has 1 heterocycles. The highest BCUT2D eigenvalue weighted by Gasteiger charge is 2.06. The molecule has 0 fully saturated rings. The van der Waals surface area contributed by atoms with Gasteiger partial charge in [0.15, 0.2) is 0 Å². The van der Waals surface area contributed by atoms with E-state index in [0.29, 0.717) is 11.5 Å². The molecule has 0 amide bonds. The topological polar surface area (TPSA) is 71.2 Å². The van der Waals surface area contributed by atoms with E-state index in [1.807, 2.05) is 6.92 Å². The Hall–Kier alpha value is -1.29. The largest absolute Gasteiger partial charge is 0.396 e. The second kappa shape index (κ2) is 4.67. The number of aromatic nitrogens is 1. The first kappa shape index (κ1) is 9.80. The van der Waals surface area contributed by atoms with Crippen molar-refractivity contribution in [3.63, 3.8) is 0 Å². The smallest absolute Gasteiger partial charge is 0.149 e. The molecule has 0 aliphatic heterocycles. The Labute approximate surface area is 77.8 Å². The van der Waals surface area contributed by atoms with Crippen LogP contribution in [0.2, 0.25) is 0 Å². The van der Waals surface area contributed by atoms with Crippen molar-refractivity contribution in [1.82, 2.24) is 4.98 Å². The van der Waals surface area contributed by atoms with E-state index < -0.39 is 0 Å². The number of anilines is 2. The first-order valence-electron chi connectivity index (χ1n) is 4.35. The second-order valence-corrected chi connectivity index (χ2v) is 2.87. The molecule has 0 aliphatic carbocycles. The summed E-state index contributed by atoms with van der Waals surface area (Å²) in [5, 5.41) is 12.0. The molecule has 4 N–H and O–H groups in total. The molecule has 13 heavy (non-hydrogen) atoms. The summed E-state index contributed by atoms with van der Waals surface area (Å²) in [5.74, 6) is 0.642. The monoisotopic (exact) mass is 181 g/mol. The number of pyridine rings is 1. The van der Waals surface area contributed by atoms with Crippen LogP contribution >= 0.6 is 0 Å². The molecule has 72 valence electrons. The van der Waals surface area contributed by atoms with Crippen LogP contribution in [0.4, 0.5) is 11.5 Å². The third-order valence-corrected chi connectivity index (χ3v) is 1.89. The minimum atomic E-state index is 0.0252. The van der Waals surface area contributed by atoms with Crippen LogP contribution in [-0.4, -0.2) is 22.7 Å². The average molecular weight is 181 g/mol. The molecule has 1 unspecified atom stereocenters. The molecule has 4 nitrogen and oxygen atoms in total. The third-order valence-electron chi connectivity index (χ3n) is 1.89. The van der Waals surface area contributed by atoms with Crippen LogP contribution < -0.4 is 11.1 Å². The minimum Gasteiger partial charge on any atom is -0.396 e. The zero-order valence-corrected chi connectivity index (χ0v) is 7.70. The summed E-state index contributed by atoms with van der Waals surface area (Å²) in [6, 6.07) is 3.58. The molecular weight excluding hydrogens is 166 g/mol. The fourth-order valence-electron chi connectivity index (χ4n) is 1.01. The van der Waals surface area contributed by atoms with Crippen molar-refractivity contribution in [1.29, 1.82) is 0 Å². The molecule has 0 radical (unpaired) electrons. The van der Waals surface area contributed by atoms with E-state index in [0.717, 1.165) is 6.42 Å². The van der Waals surface area contributed by atoms with E-state index in [1.165, 1.54) is 0 Å². The van der Waals surface area contributed by atoms with Gasteiger partial charge in [0.2, 0.25) is 0 Å². The van der Waals surface area contributed by atoms with Gasteiger partial charge in [0.05, 0.1) is 18.3 Å². The van der Waals surface area contributed by atoms with Gasteiger partial charge in [-0.3, -0.25) is 0 Å². The van der Waals surface area contributed by atoms with Gasteiger partial charge in [-0.1, -0.05) is 6.92 Å². The highest BCUT2D eigenvalue weighted by atomic mass is 16.3. The number of aliphatic hydroxyl groups is 1. The van der Waals surface area contributed by atoms with Crippen molar-refractivity contribution in [2.75, 3.05) is 17.7 Å². The van der Waals surface area contributed by atoms with Crippen LogP contribution in [0.5, 0.6) is 0 Å². The van der Waals surface area contributed by atoms with E-state index in [4.69, 9.17) is 10.8 Å². The quantitative estimate of drug-likeness (QED) is 0.644. The summed E-state index contributed by atoms with van der Waals surface area (Å²) in [6.45, 7) is 2.08. The van der Waals surface area contributed by atoms with E-state index in [9.17, 15) is 0 Å². The van der Waals surface area contributed by atoms with Crippen LogP contribution in [0.1, 0.15) is 13.3 Å². The molecule has 1 rings (SSSR count). The Morgan fingerprint density at radius 3 is 3.00 bits per heavy atom. The maximum atomic E-state index is 8.95. The number of nitrogens with zero attached hydrogens (tertiary/aromatic N) is 1. The zero-order valence-electron chi connectivity index (χ0n) is 7.70. The normalized spacial score (nSPS) is 12.5. The van der Waals surface area contributed by atoms with E-state index >= 15 is 0 Å². The molecular formula is C9H15N3O. The Balaban J connectivity index is 2.67. The lowest BCUT2D eigenvalue weighted by Crippen LogP contribution is -2.23. The van der Waals surface area contributed by atoms with Crippen LogP contribution in [0.15, 0.2) is 18.3 Å². The van der Waals surface area contributed by atoms with Crippen molar-refractivity contribution < 1.29 is 5.11 Å². The van der Waals surface area contributed by atoms with Crippen molar-refractivity contribution in [3.8, 4) is 0 Å². The predicted molar refractivity (Wildman–Crippen MR) is 53.4 cm³/mol. The number of nitrogen functional groups attached to an aromatic ring is 1. The van der Waals surface area contributed by atoms with Crippen LogP contribution in [0.25, 0.3) is 0 Å². The van der Waals surface area contributed by atoms with Gasteiger partial charge < -0.3 is 16.2 Å². The van der Waals surface area contributed by atoms with Gasteiger partial charge in [-0.25, -0.2) is 4.98 Å². The molecule has 1 atom stereocenters. The van der Waals surface area contributed by atoms with Crippen LogP contribution in [0.3, 0.4) is 0 Å². The summed E-state index contributed by atoms with van der Waals surface area (Å²) in [6.07, 6.45) is 2.51. The second-order valence-electron chi connectivity index (χ2n) is 2.87. The van der Waals surface area contributed by atoms with Gasteiger partial charge in [-0.2, -0.15) is 0 Å². The molecule has 1 aromatic heterocycles. The van der Waals surface area contributed by atoms with Gasteiger partial charge in [-0.05, 0) is 18.6 Å². The molecule has 0 aliphatic rings. The van der Waals surface area contributed by atoms with E-state index in [1.54, 1.807) is 18.3 Å². The highest BCUT2D eigenvalue weighted by molar-refractivity contribution is 5.60. The molecule has 0 aromatic carbocycles. The van der Waals surface area contributed by atoms with E-state index in [2.05, 4.69) is 10.3 Å². The van der Waals surface area contributed by atoms with Gasteiger partial charge in [-0.15, -0.1) is 0 Å². The number of hydrogen-bond donors (Lipinski definition) is 3. The van der Waals surface area contributed by atoms with Crippen molar-refractivity contribution in [2.45, 2.75) is 19.4 Å². The summed E-state index contributed by atoms with van der Waals surface area (Å²) in [7, 11) is 0. The van der Waals surface area contributed by atoms with Gasteiger partial charge in [0, 0.05) is 6.20 Å². The van der Waals surface area contributed by atoms with Crippen molar-refractivity contribution >= 4 is 11.5 Å². The van der Waals surface area contributed by atoms with Gasteiger partial charge in [0.25, 0.3) is 0 Å². The molecule has 0 bridgehead atoms. The molecule has 0 spiro atoms. The molecule has 0 saturated carbocycles. The number of hydrogen-bond acceptors (Lipinski definition) is 4. The molecule has 1 aromatic rings. The van der Waals surface area contributed by atoms with Gasteiger partial charge >= 0.3 is 0 Å². The first-order chi connectivity index (χ1) is 6.27. The lowest BCUT2D eigenvalue weighted by Gasteiger charge is -2.15. The average Bonchev–Trinajstić information content (AvgIpc) is 2.17. The SMILES string of the molecule is CCC(CO)Nc1ncccc1N. The Morgan fingerprint density at radius 1 is 1.69 bits per heavy atom. The molecule has 0 saturated heterocycles. The Morgan fingerprint density at radius 2 is 2.46 bits per heavy atom.